The summed E-state index contributed by atoms with van der Waals surface area (Å²) in [7, 11) is -3.90. The van der Waals surface area contributed by atoms with Crippen LogP contribution in [0.25, 0.3) is 0 Å². The monoisotopic (exact) mass is 311 g/mol. The van der Waals surface area contributed by atoms with Crippen molar-refractivity contribution in [1.29, 1.82) is 0 Å². The van der Waals surface area contributed by atoms with E-state index in [1.54, 1.807) is 13.8 Å². The smallest absolute Gasteiger partial charge is 0.424 e. The third kappa shape index (κ3) is 2.64. The fraction of sp³-hybridized carbons (Fsp3) is 0.533. The summed E-state index contributed by atoms with van der Waals surface area (Å²) < 4.78 is 31.7. The SMILES string of the molecule is Cc1cc(C)c(S(=O)(=O)N2C(=O)OC[C@@H]2C(C)C)c(C)c1. The number of sulfonamides is 1. The molecule has 0 aromatic heterocycles. The van der Waals surface area contributed by atoms with Crippen molar-refractivity contribution < 1.29 is 17.9 Å². The van der Waals surface area contributed by atoms with Crippen LogP contribution >= 0.6 is 0 Å². The maximum Gasteiger partial charge on any atom is 0.424 e. The molecule has 0 aliphatic carbocycles. The van der Waals surface area contributed by atoms with E-state index >= 15 is 0 Å². The van der Waals surface area contributed by atoms with E-state index in [1.807, 2.05) is 32.9 Å². The zero-order valence-corrected chi connectivity index (χ0v) is 13.8. The molecule has 1 aliphatic rings. The molecule has 6 heteroatoms. The van der Waals surface area contributed by atoms with Crippen molar-refractivity contribution in [2.75, 3.05) is 6.61 Å². The highest BCUT2D eigenvalue weighted by molar-refractivity contribution is 7.89. The Morgan fingerprint density at radius 1 is 1.19 bits per heavy atom. The molecule has 0 radical (unpaired) electrons. The lowest BCUT2D eigenvalue weighted by molar-refractivity contribution is 0.169. The maximum atomic E-state index is 12.9. The van der Waals surface area contributed by atoms with Crippen molar-refractivity contribution in [3.8, 4) is 0 Å². The lowest BCUT2D eigenvalue weighted by atomic mass is 10.1. The van der Waals surface area contributed by atoms with Gasteiger partial charge in [0.15, 0.2) is 0 Å². The first kappa shape index (κ1) is 15.8. The number of cyclic esters (lactones) is 1. The number of nitrogens with zero attached hydrogens (tertiary/aromatic N) is 1. The summed E-state index contributed by atoms with van der Waals surface area (Å²) in [6.45, 7) is 9.28. The van der Waals surface area contributed by atoms with E-state index in [9.17, 15) is 13.2 Å². The maximum absolute atomic E-state index is 12.9. The van der Waals surface area contributed by atoms with E-state index in [4.69, 9.17) is 4.74 Å². The molecule has 0 unspecified atom stereocenters. The van der Waals surface area contributed by atoms with Crippen LogP contribution in [0.1, 0.15) is 30.5 Å². The molecule has 1 saturated heterocycles. The van der Waals surface area contributed by atoms with Crippen LogP contribution in [0, 0.1) is 26.7 Å². The minimum absolute atomic E-state index is 0.00251. The second kappa shape index (κ2) is 5.33. The Morgan fingerprint density at radius 3 is 2.19 bits per heavy atom. The van der Waals surface area contributed by atoms with Crippen LogP contribution in [-0.4, -0.2) is 31.5 Å². The molecule has 21 heavy (non-hydrogen) atoms. The van der Waals surface area contributed by atoms with Gasteiger partial charge in [0.25, 0.3) is 10.0 Å². The molecule has 0 saturated carbocycles. The Bertz CT molecular complexity index is 656. The highest BCUT2D eigenvalue weighted by Crippen LogP contribution is 2.31. The van der Waals surface area contributed by atoms with Crippen LogP contribution in [-0.2, 0) is 14.8 Å². The molecule has 1 heterocycles. The van der Waals surface area contributed by atoms with Gasteiger partial charge < -0.3 is 4.74 Å². The molecule has 0 N–H and O–H groups in total. The fourth-order valence-electron chi connectivity index (χ4n) is 2.83. The number of carbonyl (C=O) groups excluding carboxylic acids is 1. The normalized spacial score (nSPS) is 19.2. The first-order valence-electron chi connectivity index (χ1n) is 6.95. The summed E-state index contributed by atoms with van der Waals surface area (Å²) >= 11 is 0. The molecule has 0 bridgehead atoms. The molecule has 1 amide bonds. The predicted octanol–water partition coefficient (Wildman–Crippen LogP) is 2.78. The summed E-state index contributed by atoms with van der Waals surface area (Å²) in [5.41, 5.74) is 2.29. The number of hydrogen-bond acceptors (Lipinski definition) is 4. The predicted molar refractivity (Wildman–Crippen MR) is 79.7 cm³/mol. The van der Waals surface area contributed by atoms with E-state index in [2.05, 4.69) is 0 Å². The van der Waals surface area contributed by atoms with Gasteiger partial charge in [0.05, 0.1) is 10.9 Å². The molecule has 116 valence electrons. The van der Waals surface area contributed by atoms with Crippen LogP contribution in [0.5, 0.6) is 0 Å². The Hall–Kier alpha value is -1.56. The lowest BCUT2D eigenvalue weighted by Gasteiger charge is -2.25. The van der Waals surface area contributed by atoms with Crippen molar-refractivity contribution in [2.24, 2.45) is 5.92 Å². The van der Waals surface area contributed by atoms with Crippen LogP contribution in [0.3, 0.4) is 0 Å². The summed E-state index contributed by atoms with van der Waals surface area (Å²) in [5, 5.41) is 0. The summed E-state index contributed by atoms with van der Waals surface area (Å²) in [6.07, 6.45) is -0.784. The van der Waals surface area contributed by atoms with Crippen molar-refractivity contribution in [3.63, 3.8) is 0 Å². The van der Waals surface area contributed by atoms with E-state index in [-0.39, 0.29) is 17.4 Å². The van der Waals surface area contributed by atoms with E-state index < -0.39 is 22.2 Å². The van der Waals surface area contributed by atoms with Gasteiger partial charge in [-0.1, -0.05) is 31.5 Å². The zero-order chi connectivity index (χ0) is 15.9. The Morgan fingerprint density at radius 2 is 1.71 bits per heavy atom. The van der Waals surface area contributed by atoms with Crippen LogP contribution in [0.4, 0.5) is 4.79 Å². The van der Waals surface area contributed by atoms with Crippen molar-refractivity contribution in [2.45, 2.75) is 45.6 Å². The standard InChI is InChI=1S/C15H21NO4S/c1-9(2)13-8-20-15(17)16(13)21(18,19)14-11(4)6-10(3)7-12(14)5/h6-7,9,13H,8H2,1-5H3/t13-/m1/s1. The minimum atomic E-state index is -3.90. The van der Waals surface area contributed by atoms with Crippen LogP contribution in [0.2, 0.25) is 0 Å². The summed E-state index contributed by atoms with van der Waals surface area (Å²) in [6, 6.07) is 3.17. The van der Waals surface area contributed by atoms with Gasteiger partial charge in [-0.2, -0.15) is 4.31 Å². The summed E-state index contributed by atoms with van der Waals surface area (Å²) in [4.78, 5) is 12.1. The average molecular weight is 311 g/mol. The molecule has 1 aromatic carbocycles. The number of aryl methyl sites for hydroxylation is 3. The first-order valence-corrected chi connectivity index (χ1v) is 8.39. The lowest BCUT2D eigenvalue weighted by Crippen LogP contribution is -2.42. The average Bonchev–Trinajstić information content (AvgIpc) is 2.69. The minimum Gasteiger partial charge on any atom is -0.446 e. The number of amides is 1. The highest BCUT2D eigenvalue weighted by atomic mass is 32.2. The molecule has 5 nitrogen and oxygen atoms in total. The number of rotatable bonds is 3. The van der Waals surface area contributed by atoms with E-state index in [0.717, 1.165) is 9.87 Å². The van der Waals surface area contributed by atoms with Gasteiger partial charge in [0.2, 0.25) is 0 Å². The quantitative estimate of drug-likeness (QED) is 0.861. The molecule has 1 fully saturated rings. The third-order valence-electron chi connectivity index (χ3n) is 3.75. The van der Waals surface area contributed by atoms with Gasteiger partial charge in [0, 0.05) is 0 Å². The van der Waals surface area contributed by atoms with Gasteiger partial charge in [-0.15, -0.1) is 0 Å². The molecule has 1 aromatic rings. The Labute approximate surface area is 126 Å². The van der Waals surface area contributed by atoms with Crippen LogP contribution in [0.15, 0.2) is 17.0 Å². The van der Waals surface area contributed by atoms with Gasteiger partial charge >= 0.3 is 6.09 Å². The number of carbonyl (C=O) groups is 1. The van der Waals surface area contributed by atoms with E-state index in [0.29, 0.717) is 11.1 Å². The highest BCUT2D eigenvalue weighted by Gasteiger charge is 2.44. The zero-order valence-electron chi connectivity index (χ0n) is 13.0. The van der Waals surface area contributed by atoms with Crippen LogP contribution < -0.4 is 0 Å². The molecular weight excluding hydrogens is 290 g/mol. The van der Waals surface area contributed by atoms with E-state index in [1.165, 1.54) is 0 Å². The van der Waals surface area contributed by atoms with Gasteiger partial charge in [-0.05, 0) is 37.8 Å². The fourth-order valence-corrected chi connectivity index (χ4v) is 4.87. The Balaban J connectivity index is 2.59. The van der Waals surface area contributed by atoms with Gasteiger partial charge in [-0.3, -0.25) is 0 Å². The Kier molecular flexibility index (Phi) is 4.02. The topological polar surface area (TPSA) is 63.7 Å². The largest absolute Gasteiger partial charge is 0.446 e. The first-order chi connectivity index (χ1) is 9.66. The second-order valence-electron chi connectivity index (χ2n) is 5.92. The summed E-state index contributed by atoms with van der Waals surface area (Å²) in [5.74, 6) is -0.00251. The second-order valence-corrected chi connectivity index (χ2v) is 7.67. The number of benzene rings is 1. The van der Waals surface area contributed by atoms with Gasteiger partial charge in [-0.25, -0.2) is 13.2 Å². The number of hydrogen-bond donors (Lipinski definition) is 0. The van der Waals surface area contributed by atoms with Crippen molar-refractivity contribution in [1.82, 2.24) is 4.31 Å². The molecule has 1 atom stereocenters. The van der Waals surface area contributed by atoms with Crippen molar-refractivity contribution >= 4 is 16.1 Å². The number of ether oxygens (including phenoxy) is 1. The molecular formula is C15H21NO4S. The third-order valence-corrected chi connectivity index (χ3v) is 5.85. The van der Waals surface area contributed by atoms with Gasteiger partial charge in [0.1, 0.15) is 6.61 Å². The van der Waals surface area contributed by atoms with Crippen molar-refractivity contribution in [3.05, 3.63) is 28.8 Å². The molecule has 1 aliphatic heterocycles. The molecule has 0 spiro atoms. The molecule has 2 rings (SSSR count).